The number of hydrogen-bond donors (Lipinski definition) is 1. The van der Waals surface area contributed by atoms with E-state index in [9.17, 15) is 18.4 Å². The maximum Gasteiger partial charge on any atom is 0.379 e. The topological polar surface area (TPSA) is 143 Å². The number of aryl methyl sites for hydroxylation is 1. The highest BCUT2D eigenvalue weighted by molar-refractivity contribution is 6.04. The molecule has 4 aromatic rings. The fourth-order valence-corrected chi connectivity index (χ4v) is 3.11. The summed E-state index contributed by atoms with van der Waals surface area (Å²) in [5, 5.41) is 10.3. The Hall–Kier alpha value is -4.88. The predicted molar refractivity (Wildman–Crippen MR) is 128 cm³/mol. The highest BCUT2D eigenvalue weighted by Crippen LogP contribution is 2.29. The summed E-state index contributed by atoms with van der Waals surface area (Å²) in [6.07, 6.45) is 1.66. The highest BCUT2D eigenvalue weighted by atomic mass is 19.1. The molecule has 14 heteroatoms. The van der Waals surface area contributed by atoms with Crippen LogP contribution < -0.4 is 14.8 Å². The average molecular weight is 528 g/mol. The van der Waals surface area contributed by atoms with Crippen molar-refractivity contribution in [2.75, 3.05) is 25.3 Å². The van der Waals surface area contributed by atoms with Crippen molar-refractivity contribution in [1.82, 2.24) is 24.9 Å². The maximum absolute atomic E-state index is 13.1. The van der Waals surface area contributed by atoms with Gasteiger partial charge in [-0.05, 0) is 36.3 Å². The number of carbonyl (C=O) groups is 2. The van der Waals surface area contributed by atoms with Crippen LogP contribution in [0.2, 0.25) is 0 Å². The number of alkyl halides is 2. The first-order valence-electron chi connectivity index (χ1n) is 11.3. The summed E-state index contributed by atoms with van der Waals surface area (Å²) in [6.45, 7) is -0.308. The minimum atomic E-state index is -1.34. The molecular weight excluding hydrogens is 506 g/mol. The molecule has 0 bridgehead atoms. The van der Waals surface area contributed by atoms with Crippen LogP contribution in [0.5, 0.6) is 17.2 Å². The van der Waals surface area contributed by atoms with E-state index < -0.39 is 31.3 Å². The summed E-state index contributed by atoms with van der Waals surface area (Å²) in [4.78, 5) is 32.7. The number of amides is 1. The van der Waals surface area contributed by atoms with Crippen LogP contribution in [0.3, 0.4) is 0 Å². The third-order valence-electron chi connectivity index (χ3n) is 4.82. The predicted octanol–water partition coefficient (Wildman–Crippen LogP) is 3.77. The summed E-state index contributed by atoms with van der Waals surface area (Å²) in [5.41, 5.74) is 0.364. The van der Waals surface area contributed by atoms with E-state index in [0.717, 1.165) is 0 Å². The number of nitrogens with one attached hydrogen (secondary N) is 1. The van der Waals surface area contributed by atoms with Crippen LogP contribution in [0.15, 0.2) is 53.3 Å². The number of ether oxygens (including phenoxy) is 3. The Morgan fingerprint density at radius 3 is 2.55 bits per heavy atom. The quantitative estimate of drug-likeness (QED) is 0.286. The summed E-state index contributed by atoms with van der Waals surface area (Å²) in [7, 11) is 1.70. The molecule has 0 aliphatic rings. The first kappa shape index (κ1) is 26.2. The molecular formula is C24H22F2N6O6. The molecule has 1 N–H and O–H groups in total. The molecule has 4 rings (SSSR count). The molecule has 0 aliphatic carbocycles. The Morgan fingerprint density at radius 1 is 1.11 bits per heavy atom. The van der Waals surface area contributed by atoms with E-state index in [1.165, 1.54) is 41.2 Å². The smallest absolute Gasteiger partial charge is 0.379 e. The van der Waals surface area contributed by atoms with Crippen LogP contribution in [-0.2, 0) is 11.8 Å². The van der Waals surface area contributed by atoms with E-state index in [1.807, 2.05) is 0 Å². The zero-order valence-electron chi connectivity index (χ0n) is 20.3. The lowest BCUT2D eigenvalue weighted by Gasteiger charge is -2.15. The molecule has 0 fully saturated rings. The van der Waals surface area contributed by atoms with Crippen molar-refractivity contribution in [2.45, 2.75) is 13.0 Å². The van der Waals surface area contributed by atoms with Gasteiger partial charge in [-0.1, -0.05) is 0 Å². The summed E-state index contributed by atoms with van der Waals surface area (Å²) < 4.78 is 48.7. The van der Waals surface area contributed by atoms with Gasteiger partial charge in [0.15, 0.2) is 11.9 Å². The zero-order chi connectivity index (χ0) is 27.1. The van der Waals surface area contributed by atoms with Crippen molar-refractivity contribution >= 4 is 17.7 Å². The minimum absolute atomic E-state index is 0.00744. The fourth-order valence-electron chi connectivity index (χ4n) is 3.11. The number of carbonyl (C=O) groups excluding carboxylic acids is 2. The standard InChI is InChI=1S/C24H22F2N6O6/c1-3-35-24(34)21-29-23(38-31-21)19-5-4-15(13-27-19)36-16-8-14(9-17(10-16)37-18(11-25)12-26)22(33)28-20-6-7-32(2)30-20/h4-10,13,18H,3,11-12H2,1-2H3,(H,28,30,33). The van der Waals surface area contributed by atoms with E-state index >= 15 is 0 Å². The van der Waals surface area contributed by atoms with E-state index in [-0.39, 0.29) is 46.8 Å². The largest absolute Gasteiger partial charge is 0.485 e. The van der Waals surface area contributed by atoms with Gasteiger partial charge in [0, 0.05) is 30.9 Å². The molecule has 198 valence electrons. The Kier molecular flexibility index (Phi) is 8.20. The van der Waals surface area contributed by atoms with Crippen molar-refractivity contribution in [3.63, 3.8) is 0 Å². The first-order valence-corrected chi connectivity index (χ1v) is 11.3. The van der Waals surface area contributed by atoms with Gasteiger partial charge in [0.05, 0.1) is 12.8 Å². The third kappa shape index (κ3) is 6.46. The van der Waals surface area contributed by atoms with E-state index in [2.05, 4.69) is 25.5 Å². The van der Waals surface area contributed by atoms with Crippen LogP contribution in [0.1, 0.15) is 27.9 Å². The van der Waals surface area contributed by atoms with Crippen molar-refractivity contribution < 1.29 is 37.1 Å². The van der Waals surface area contributed by atoms with E-state index in [0.29, 0.717) is 5.82 Å². The van der Waals surface area contributed by atoms with Gasteiger partial charge in [-0.25, -0.2) is 18.6 Å². The molecule has 12 nitrogen and oxygen atoms in total. The van der Waals surface area contributed by atoms with Gasteiger partial charge < -0.3 is 24.1 Å². The van der Waals surface area contributed by atoms with Gasteiger partial charge in [0.2, 0.25) is 0 Å². The lowest BCUT2D eigenvalue weighted by Crippen LogP contribution is -2.21. The first-order chi connectivity index (χ1) is 18.4. The second-order valence-electron chi connectivity index (χ2n) is 7.70. The van der Waals surface area contributed by atoms with E-state index in [1.54, 1.807) is 26.2 Å². The van der Waals surface area contributed by atoms with Crippen molar-refractivity contribution in [1.29, 1.82) is 0 Å². The highest BCUT2D eigenvalue weighted by Gasteiger charge is 2.18. The number of hydrogen-bond acceptors (Lipinski definition) is 10. The summed E-state index contributed by atoms with van der Waals surface area (Å²) in [5.74, 6) is -0.793. The number of pyridine rings is 1. The van der Waals surface area contributed by atoms with Crippen molar-refractivity contribution in [3.8, 4) is 28.8 Å². The summed E-state index contributed by atoms with van der Waals surface area (Å²) in [6, 6.07) is 8.78. The van der Waals surface area contributed by atoms with Gasteiger partial charge in [0.25, 0.3) is 17.6 Å². The molecule has 0 unspecified atom stereocenters. The number of anilines is 1. The second-order valence-corrected chi connectivity index (χ2v) is 7.70. The number of nitrogens with zero attached hydrogens (tertiary/aromatic N) is 5. The monoisotopic (exact) mass is 528 g/mol. The van der Waals surface area contributed by atoms with Gasteiger partial charge in [-0.3, -0.25) is 9.48 Å². The van der Waals surface area contributed by atoms with Crippen molar-refractivity contribution in [2.24, 2.45) is 7.05 Å². The second kappa shape index (κ2) is 11.9. The molecule has 0 saturated heterocycles. The number of benzene rings is 1. The molecule has 0 saturated carbocycles. The van der Waals surface area contributed by atoms with Crippen LogP contribution >= 0.6 is 0 Å². The molecule has 0 atom stereocenters. The molecule has 1 amide bonds. The number of aromatic nitrogens is 5. The zero-order valence-corrected chi connectivity index (χ0v) is 20.3. The van der Waals surface area contributed by atoms with Gasteiger partial charge in [0.1, 0.15) is 36.3 Å². The molecule has 0 radical (unpaired) electrons. The van der Waals surface area contributed by atoms with Crippen molar-refractivity contribution in [3.05, 3.63) is 60.2 Å². The van der Waals surface area contributed by atoms with Gasteiger partial charge in [-0.2, -0.15) is 10.1 Å². The van der Waals surface area contributed by atoms with Crippen LogP contribution in [0, 0.1) is 0 Å². The Labute approximate surface area is 214 Å². The number of esters is 1. The van der Waals surface area contributed by atoms with Gasteiger partial charge >= 0.3 is 5.97 Å². The number of halogens is 2. The number of rotatable bonds is 11. The minimum Gasteiger partial charge on any atom is -0.485 e. The SMILES string of the molecule is CCOC(=O)c1noc(-c2ccc(Oc3cc(OC(CF)CF)cc(C(=O)Nc4ccn(C)n4)c3)cn2)n1. The Bertz CT molecular complexity index is 1400. The average Bonchev–Trinajstić information content (AvgIpc) is 3.57. The third-order valence-corrected chi connectivity index (χ3v) is 4.82. The maximum atomic E-state index is 13.1. The molecule has 3 aromatic heterocycles. The summed E-state index contributed by atoms with van der Waals surface area (Å²) >= 11 is 0. The Morgan fingerprint density at radius 2 is 1.89 bits per heavy atom. The fraction of sp³-hybridized carbons (Fsp3) is 0.250. The van der Waals surface area contributed by atoms with Gasteiger partial charge in [-0.15, -0.1) is 0 Å². The normalized spacial score (nSPS) is 10.9. The molecule has 38 heavy (non-hydrogen) atoms. The van der Waals surface area contributed by atoms with E-state index in [4.69, 9.17) is 18.7 Å². The lowest BCUT2D eigenvalue weighted by molar-refractivity contribution is 0.0508. The Balaban J connectivity index is 1.54. The molecule has 0 aliphatic heterocycles. The van der Waals surface area contributed by atoms with Crippen LogP contribution in [-0.4, -0.2) is 62.8 Å². The van der Waals surface area contributed by atoms with Crippen LogP contribution in [0.25, 0.3) is 11.6 Å². The molecule has 1 aromatic carbocycles. The molecule has 0 spiro atoms. The van der Waals surface area contributed by atoms with Crippen LogP contribution in [0.4, 0.5) is 14.6 Å². The molecule has 3 heterocycles. The lowest BCUT2D eigenvalue weighted by atomic mass is 10.2.